The van der Waals surface area contributed by atoms with Crippen LogP contribution in [0.2, 0.25) is 0 Å². The van der Waals surface area contributed by atoms with Gasteiger partial charge < -0.3 is 10.2 Å². The van der Waals surface area contributed by atoms with Crippen LogP contribution in [0.15, 0.2) is 29.6 Å². The van der Waals surface area contributed by atoms with E-state index in [2.05, 4.69) is 10.3 Å². The molecule has 0 saturated heterocycles. The summed E-state index contributed by atoms with van der Waals surface area (Å²) in [6.07, 6.45) is 1.12. The van der Waals surface area contributed by atoms with E-state index in [1.807, 2.05) is 12.3 Å². The molecule has 1 unspecified atom stereocenters. The van der Waals surface area contributed by atoms with E-state index in [0.717, 1.165) is 12.0 Å². The van der Waals surface area contributed by atoms with Crippen molar-refractivity contribution in [2.45, 2.75) is 32.3 Å². The molecule has 3 N–H and O–H groups in total. The summed E-state index contributed by atoms with van der Waals surface area (Å²) < 4.78 is 0. The SMILES string of the molecule is CCCC(C)(O)C(=O)Nc1nc(-c2ccc(O)cc2)cs1. The molecule has 1 aromatic heterocycles. The van der Waals surface area contributed by atoms with Gasteiger partial charge in [0, 0.05) is 10.9 Å². The van der Waals surface area contributed by atoms with Crippen LogP contribution in [-0.2, 0) is 4.79 Å². The van der Waals surface area contributed by atoms with Gasteiger partial charge in [-0.15, -0.1) is 11.3 Å². The highest BCUT2D eigenvalue weighted by Crippen LogP contribution is 2.27. The number of nitrogens with zero attached hydrogens (tertiary/aromatic N) is 1. The third kappa shape index (κ3) is 3.80. The van der Waals surface area contributed by atoms with Gasteiger partial charge in [0.15, 0.2) is 5.13 Å². The second-order valence-corrected chi connectivity index (χ2v) is 5.92. The second kappa shape index (κ2) is 6.24. The molecule has 1 aromatic carbocycles. The quantitative estimate of drug-likeness (QED) is 0.793. The zero-order valence-corrected chi connectivity index (χ0v) is 12.8. The summed E-state index contributed by atoms with van der Waals surface area (Å²) >= 11 is 1.29. The van der Waals surface area contributed by atoms with E-state index in [1.165, 1.54) is 18.3 Å². The van der Waals surface area contributed by atoms with E-state index < -0.39 is 11.5 Å². The Kier molecular flexibility index (Phi) is 4.59. The van der Waals surface area contributed by atoms with Crippen molar-refractivity contribution >= 4 is 22.4 Å². The Balaban J connectivity index is 2.10. The fourth-order valence-electron chi connectivity index (χ4n) is 1.93. The first-order valence-corrected chi connectivity index (χ1v) is 7.59. The molecule has 1 heterocycles. The molecule has 0 bridgehead atoms. The molecular formula is C15H18N2O3S. The van der Waals surface area contributed by atoms with E-state index in [4.69, 9.17) is 0 Å². The van der Waals surface area contributed by atoms with Crippen LogP contribution >= 0.6 is 11.3 Å². The monoisotopic (exact) mass is 306 g/mol. The van der Waals surface area contributed by atoms with Gasteiger partial charge in [-0.3, -0.25) is 10.1 Å². The molecule has 2 rings (SSSR count). The van der Waals surface area contributed by atoms with Crippen molar-refractivity contribution in [3.8, 4) is 17.0 Å². The summed E-state index contributed by atoms with van der Waals surface area (Å²) in [5.41, 5.74) is 0.175. The van der Waals surface area contributed by atoms with Gasteiger partial charge in [0.1, 0.15) is 11.4 Å². The molecule has 0 aliphatic rings. The Hall–Kier alpha value is -1.92. The van der Waals surface area contributed by atoms with Crippen molar-refractivity contribution in [2.75, 3.05) is 5.32 Å². The van der Waals surface area contributed by atoms with Crippen LogP contribution in [0.1, 0.15) is 26.7 Å². The molecule has 0 radical (unpaired) electrons. The Labute approximate surface area is 127 Å². The molecule has 0 aliphatic carbocycles. The first-order valence-electron chi connectivity index (χ1n) is 6.71. The number of phenols is 1. The van der Waals surface area contributed by atoms with Crippen molar-refractivity contribution < 1.29 is 15.0 Å². The number of phenolic OH excluding ortho intramolecular Hbond substituents is 1. The maximum atomic E-state index is 12.0. The van der Waals surface area contributed by atoms with Crippen molar-refractivity contribution in [3.63, 3.8) is 0 Å². The van der Waals surface area contributed by atoms with Crippen LogP contribution in [0.3, 0.4) is 0 Å². The number of nitrogens with one attached hydrogen (secondary N) is 1. The Morgan fingerprint density at radius 2 is 2.05 bits per heavy atom. The highest BCUT2D eigenvalue weighted by Gasteiger charge is 2.29. The van der Waals surface area contributed by atoms with Gasteiger partial charge >= 0.3 is 0 Å². The van der Waals surface area contributed by atoms with Crippen molar-refractivity contribution in [2.24, 2.45) is 0 Å². The average molecular weight is 306 g/mol. The third-order valence-corrected chi connectivity index (χ3v) is 3.87. The number of hydrogen-bond acceptors (Lipinski definition) is 5. The van der Waals surface area contributed by atoms with E-state index in [0.29, 0.717) is 17.2 Å². The lowest BCUT2D eigenvalue weighted by molar-refractivity contribution is -0.133. The average Bonchev–Trinajstić information content (AvgIpc) is 2.88. The number of aliphatic hydroxyl groups is 1. The van der Waals surface area contributed by atoms with E-state index in [9.17, 15) is 15.0 Å². The number of aromatic hydroxyl groups is 1. The summed E-state index contributed by atoms with van der Waals surface area (Å²) in [7, 11) is 0. The van der Waals surface area contributed by atoms with Crippen LogP contribution in [-0.4, -0.2) is 26.7 Å². The lowest BCUT2D eigenvalue weighted by Gasteiger charge is -2.20. The number of anilines is 1. The van der Waals surface area contributed by atoms with Crippen molar-refractivity contribution in [3.05, 3.63) is 29.6 Å². The minimum absolute atomic E-state index is 0.193. The molecule has 0 aliphatic heterocycles. The minimum atomic E-state index is -1.39. The van der Waals surface area contributed by atoms with Crippen molar-refractivity contribution in [1.29, 1.82) is 0 Å². The first kappa shape index (κ1) is 15.5. The second-order valence-electron chi connectivity index (χ2n) is 5.06. The van der Waals surface area contributed by atoms with E-state index >= 15 is 0 Å². The van der Waals surface area contributed by atoms with Gasteiger partial charge in [-0.1, -0.05) is 13.3 Å². The van der Waals surface area contributed by atoms with Crippen LogP contribution in [0, 0.1) is 0 Å². The summed E-state index contributed by atoms with van der Waals surface area (Å²) in [6, 6.07) is 6.67. The van der Waals surface area contributed by atoms with Gasteiger partial charge in [-0.2, -0.15) is 0 Å². The maximum absolute atomic E-state index is 12.0. The standard InChI is InChI=1S/C15H18N2O3S/c1-3-8-15(2,20)13(19)17-14-16-12(9-21-14)10-4-6-11(18)7-5-10/h4-7,9,18,20H,3,8H2,1-2H3,(H,16,17,19). The molecule has 0 spiro atoms. The number of benzene rings is 1. The fourth-order valence-corrected chi connectivity index (χ4v) is 2.64. The smallest absolute Gasteiger partial charge is 0.257 e. The Bertz CT molecular complexity index is 620. The summed E-state index contributed by atoms with van der Waals surface area (Å²) in [5, 5.41) is 24.2. The molecule has 6 heteroatoms. The summed E-state index contributed by atoms with van der Waals surface area (Å²) in [6.45, 7) is 3.41. The highest BCUT2D eigenvalue weighted by molar-refractivity contribution is 7.14. The minimum Gasteiger partial charge on any atom is -0.508 e. The number of hydrogen-bond donors (Lipinski definition) is 3. The zero-order chi connectivity index (χ0) is 15.5. The number of rotatable bonds is 5. The highest BCUT2D eigenvalue weighted by atomic mass is 32.1. The summed E-state index contributed by atoms with van der Waals surface area (Å²) in [4.78, 5) is 16.3. The third-order valence-electron chi connectivity index (χ3n) is 3.11. The van der Waals surface area contributed by atoms with Gasteiger partial charge in [-0.25, -0.2) is 4.98 Å². The molecule has 21 heavy (non-hydrogen) atoms. The lowest BCUT2D eigenvalue weighted by atomic mass is 10.00. The Morgan fingerprint density at radius 3 is 2.67 bits per heavy atom. The van der Waals surface area contributed by atoms with E-state index in [-0.39, 0.29) is 5.75 Å². The topological polar surface area (TPSA) is 82.5 Å². The van der Waals surface area contributed by atoms with Gasteiger partial charge in [0.2, 0.25) is 0 Å². The molecular weight excluding hydrogens is 288 g/mol. The van der Waals surface area contributed by atoms with Gasteiger partial charge in [0.25, 0.3) is 5.91 Å². The number of aromatic nitrogens is 1. The predicted octanol–water partition coefficient (Wildman–Crippen LogP) is 3.01. The molecule has 0 saturated carbocycles. The maximum Gasteiger partial charge on any atom is 0.257 e. The molecule has 1 amide bonds. The first-order chi connectivity index (χ1) is 9.92. The number of carbonyl (C=O) groups is 1. The van der Waals surface area contributed by atoms with Gasteiger partial charge in [0.05, 0.1) is 5.69 Å². The normalized spacial score (nSPS) is 13.7. The van der Waals surface area contributed by atoms with E-state index in [1.54, 1.807) is 24.3 Å². The zero-order valence-electron chi connectivity index (χ0n) is 12.0. The van der Waals surface area contributed by atoms with Crippen LogP contribution in [0.5, 0.6) is 5.75 Å². The predicted molar refractivity (Wildman–Crippen MR) is 83.4 cm³/mol. The van der Waals surface area contributed by atoms with Crippen LogP contribution < -0.4 is 5.32 Å². The molecule has 0 fully saturated rings. The molecule has 2 aromatic rings. The van der Waals surface area contributed by atoms with Crippen molar-refractivity contribution in [1.82, 2.24) is 4.98 Å². The van der Waals surface area contributed by atoms with Gasteiger partial charge in [-0.05, 0) is 37.6 Å². The van der Waals surface area contributed by atoms with Crippen LogP contribution in [0.25, 0.3) is 11.3 Å². The fraction of sp³-hybridized carbons (Fsp3) is 0.333. The summed E-state index contributed by atoms with van der Waals surface area (Å²) in [5.74, 6) is -0.255. The number of amides is 1. The molecule has 112 valence electrons. The van der Waals surface area contributed by atoms with Crippen LogP contribution in [0.4, 0.5) is 5.13 Å². The number of thiazole rings is 1. The number of carbonyl (C=O) groups excluding carboxylic acids is 1. The lowest BCUT2D eigenvalue weighted by Crippen LogP contribution is -2.39. The molecule has 5 nitrogen and oxygen atoms in total. The largest absolute Gasteiger partial charge is 0.508 e. The molecule has 1 atom stereocenters. The Morgan fingerprint density at radius 1 is 1.38 bits per heavy atom.